The third kappa shape index (κ3) is 5.51. The number of carbonyl (C=O) groups is 3. The molecular formula is C34H40N4O4. The minimum atomic E-state index is -1.01. The lowest BCUT2D eigenvalue weighted by molar-refractivity contribution is -0.143. The van der Waals surface area contributed by atoms with Crippen molar-refractivity contribution < 1.29 is 19.5 Å². The summed E-state index contributed by atoms with van der Waals surface area (Å²) in [7, 11) is 1.55. The standard InChI is InChI=1S/C34H40N4O4/c1-25(2)30(32(40)41)35(3)33(42)37-21-13-20-36(22-23-37)31(39)29-24-38(29)34(26-14-7-4-8-15-26,27-16-9-5-10-17-27)28-18-11-6-12-19-28/h4-12,14-19,25,29-30H,13,20-24H2,1-3H3,(H,40,41)/t29-,30+,38?/m1/s1. The van der Waals surface area contributed by atoms with Gasteiger partial charge < -0.3 is 19.8 Å². The van der Waals surface area contributed by atoms with Gasteiger partial charge >= 0.3 is 12.0 Å². The normalized spacial score (nSPS) is 19.6. The van der Waals surface area contributed by atoms with Gasteiger partial charge in [0.1, 0.15) is 12.1 Å². The van der Waals surface area contributed by atoms with Crippen molar-refractivity contribution in [2.45, 2.75) is 37.9 Å². The van der Waals surface area contributed by atoms with E-state index in [1.165, 1.54) is 4.90 Å². The summed E-state index contributed by atoms with van der Waals surface area (Å²) < 4.78 is 0. The second-order valence-corrected chi connectivity index (χ2v) is 11.6. The average molecular weight is 569 g/mol. The largest absolute Gasteiger partial charge is 0.480 e. The fourth-order valence-corrected chi connectivity index (χ4v) is 6.54. The quantitative estimate of drug-likeness (QED) is 0.323. The van der Waals surface area contributed by atoms with Gasteiger partial charge in [0.15, 0.2) is 0 Å². The van der Waals surface area contributed by atoms with Crippen molar-refractivity contribution in [3.63, 3.8) is 0 Å². The van der Waals surface area contributed by atoms with Gasteiger partial charge in [0.05, 0.1) is 5.54 Å². The molecule has 8 heteroatoms. The molecule has 2 heterocycles. The molecule has 3 aromatic carbocycles. The number of rotatable bonds is 8. The van der Waals surface area contributed by atoms with Gasteiger partial charge in [-0.1, -0.05) is 105 Å². The topological polar surface area (TPSA) is 84.2 Å². The molecule has 1 N–H and O–H groups in total. The van der Waals surface area contributed by atoms with Crippen molar-refractivity contribution >= 4 is 17.9 Å². The van der Waals surface area contributed by atoms with E-state index in [0.29, 0.717) is 39.1 Å². The monoisotopic (exact) mass is 568 g/mol. The van der Waals surface area contributed by atoms with E-state index in [1.807, 2.05) is 59.5 Å². The lowest BCUT2D eigenvalue weighted by Gasteiger charge is -2.38. The van der Waals surface area contributed by atoms with Crippen LogP contribution in [0.1, 0.15) is 37.0 Å². The highest BCUT2D eigenvalue weighted by Crippen LogP contribution is 2.48. The Bertz CT molecular complexity index is 1290. The summed E-state index contributed by atoms with van der Waals surface area (Å²) in [5, 5.41) is 9.67. The predicted molar refractivity (Wildman–Crippen MR) is 162 cm³/mol. The van der Waals surface area contributed by atoms with Crippen molar-refractivity contribution in [3.8, 4) is 0 Å². The number of likely N-dealkylation sites (N-methyl/N-ethyl adjacent to an activating group) is 1. The van der Waals surface area contributed by atoms with Gasteiger partial charge in [-0.05, 0) is 29.0 Å². The Kier molecular flexibility index (Phi) is 8.64. The zero-order valence-corrected chi connectivity index (χ0v) is 24.6. The van der Waals surface area contributed by atoms with Crippen LogP contribution in [-0.4, -0.2) is 94.5 Å². The molecule has 42 heavy (non-hydrogen) atoms. The van der Waals surface area contributed by atoms with Crippen LogP contribution in [0.4, 0.5) is 4.79 Å². The van der Waals surface area contributed by atoms with E-state index in [9.17, 15) is 19.5 Å². The van der Waals surface area contributed by atoms with E-state index in [0.717, 1.165) is 16.7 Å². The zero-order valence-electron chi connectivity index (χ0n) is 24.6. The van der Waals surface area contributed by atoms with Crippen LogP contribution in [0.2, 0.25) is 0 Å². The number of carboxylic acid groups (broad SMARTS) is 1. The van der Waals surface area contributed by atoms with Crippen LogP contribution in [0.15, 0.2) is 91.0 Å². The number of aliphatic carboxylic acids is 1. The summed E-state index contributed by atoms with van der Waals surface area (Å²) in [5.74, 6) is -1.17. The fraction of sp³-hybridized carbons (Fsp3) is 0.382. The van der Waals surface area contributed by atoms with Crippen molar-refractivity contribution in [2.24, 2.45) is 5.92 Å². The lowest BCUT2D eigenvalue weighted by Crippen LogP contribution is -2.52. The number of urea groups is 1. The maximum Gasteiger partial charge on any atom is 0.326 e. The summed E-state index contributed by atoms with van der Waals surface area (Å²) >= 11 is 0. The molecule has 2 aliphatic heterocycles. The summed E-state index contributed by atoms with van der Waals surface area (Å²) in [6, 6.07) is 29.6. The molecule has 0 spiro atoms. The predicted octanol–water partition coefficient (Wildman–Crippen LogP) is 4.36. The molecule has 220 valence electrons. The van der Waals surface area contributed by atoms with Gasteiger partial charge in [-0.15, -0.1) is 0 Å². The molecule has 3 amide bonds. The zero-order chi connectivity index (χ0) is 29.9. The Morgan fingerprint density at radius 1 is 0.762 bits per heavy atom. The van der Waals surface area contributed by atoms with Gasteiger partial charge in [0, 0.05) is 39.8 Å². The van der Waals surface area contributed by atoms with Crippen molar-refractivity contribution in [2.75, 3.05) is 39.8 Å². The molecule has 1 unspecified atom stereocenters. The van der Waals surface area contributed by atoms with E-state index in [1.54, 1.807) is 25.8 Å². The third-order valence-electron chi connectivity index (χ3n) is 8.58. The van der Waals surface area contributed by atoms with Crippen LogP contribution < -0.4 is 0 Å². The first-order valence-corrected chi connectivity index (χ1v) is 14.7. The Hall–Kier alpha value is -4.17. The van der Waals surface area contributed by atoms with E-state index in [4.69, 9.17) is 0 Å². The Morgan fingerprint density at radius 3 is 1.67 bits per heavy atom. The first-order chi connectivity index (χ1) is 20.3. The van der Waals surface area contributed by atoms with Crippen molar-refractivity contribution in [3.05, 3.63) is 108 Å². The van der Waals surface area contributed by atoms with Crippen molar-refractivity contribution in [1.29, 1.82) is 0 Å². The van der Waals surface area contributed by atoms with Crippen molar-refractivity contribution in [1.82, 2.24) is 19.6 Å². The summed E-state index contributed by atoms with van der Waals surface area (Å²) in [4.78, 5) is 46.3. The molecule has 0 aromatic heterocycles. The highest BCUT2D eigenvalue weighted by atomic mass is 16.4. The van der Waals surface area contributed by atoms with Crippen LogP contribution in [0.25, 0.3) is 0 Å². The molecule has 3 aromatic rings. The Labute approximate surface area is 248 Å². The second kappa shape index (κ2) is 12.4. The highest BCUT2D eigenvalue weighted by Gasteiger charge is 2.56. The fourth-order valence-electron chi connectivity index (χ4n) is 6.54. The molecule has 3 atom stereocenters. The van der Waals surface area contributed by atoms with Gasteiger partial charge in [-0.2, -0.15) is 0 Å². The summed E-state index contributed by atoms with van der Waals surface area (Å²) in [5.41, 5.74) is 2.67. The van der Waals surface area contributed by atoms with Gasteiger partial charge in [-0.25, -0.2) is 9.59 Å². The van der Waals surface area contributed by atoms with E-state index in [2.05, 4.69) is 41.3 Å². The summed E-state index contributed by atoms with van der Waals surface area (Å²) in [6.07, 6.45) is 0.638. The molecule has 0 aliphatic carbocycles. The number of amides is 3. The van der Waals surface area contributed by atoms with Crippen LogP contribution in [0, 0.1) is 5.92 Å². The first kappa shape index (κ1) is 29.3. The number of carbonyl (C=O) groups excluding carboxylic acids is 2. The number of benzene rings is 3. The summed E-state index contributed by atoms with van der Waals surface area (Å²) in [6.45, 7) is 6.03. The van der Waals surface area contributed by atoms with E-state index < -0.39 is 17.6 Å². The molecule has 0 saturated carbocycles. The molecule has 0 bridgehead atoms. The third-order valence-corrected chi connectivity index (χ3v) is 8.58. The molecule has 2 saturated heterocycles. The van der Waals surface area contributed by atoms with Gasteiger partial charge in [0.2, 0.25) is 5.91 Å². The molecular weight excluding hydrogens is 528 g/mol. The minimum Gasteiger partial charge on any atom is -0.480 e. The molecule has 8 nitrogen and oxygen atoms in total. The van der Waals surface area contributed by atoms with Gasteiger partial charge in [0.25, 0.3) is 0 Å². The van der Waals surface area contributed by atoms with Gasteiger partial charge in [-0.3, -0.25) is 9.69 Å². The van der Waals surface area contributed by atoms with Crippen LogP contribution >= 0.6 is 0 Å². The average Bonchev–Trinajstić information content (AvgIpc) is 3.83. The Balaban J connectivity index is 1.38. The number of nitrogens with zero attached hydrogens (tertiary/aromatic N) is 4. The molecule has 0 radical (unpaired) electrons. The maximum atomic E-state index is 14.1. The number of carboxylic acids is 1. The SMILES string of the molecule is CC(C)[C@@H](C(=O)O)N(C)C(=O)N1CCCN(C(=O)[C@H]2CN2C(c2ccccc2)(c2ccccc2)c2ccccc2)CC1. The molecule has 5 rings (SSSR count). The second-order valence-electron chi connectivity index (χ2n) is 11.6. The number of hydrogen-bond acceptors (Lipinski definition) is 4. The molecule has 2 aliphatic rings. The Morgan fingerprint density at radius 2 is 1.21 bits per heavy atom. The molecule has 2 fully saturated rings. The highest BCUT2D eigenvalue weighted by molar-refractivity contribution is 5.86. The lowest BCUT2D eigenvalue weighted by atomic mass is 9.76. The number of hydrogen-bond donors (Lipinski definition) is 1. The maximum absolute atomic E-state index is 14.1. The van der Waals surface area contributed by atoms with E-state index in [-0.39, 0.29) is 23.9 Å². The smallest absolute Gasteiger partial charge is 0.326 e. The van der Waals surface area contributed by atoms with Crippen LogP contribution in [-0.2, 0) is 15.1 Å². The van der Waals surface area contributed by atoms with E-state index >= 15 is 0 Å². The first-order valence-electron chi connectivity index (χ1n) is 14.7. The van der Waals surface area contributed by atoms with Crippen LogP contribution in [0.5, 0.6) is 0 Å². The minimum absolute atomic E-state index is 0.0652. The van der Waals surface area contributed by atoms with Crippen LogP contribution in [0.3, 0.4) is 0 Å².